The van der Waals surface area contributed by atoms with Crippen LogP contribution in [0.1, 0.15) is 25.3 Å². The molecule has 1 aromatic heterocycles. The maximum absolute atomic E-state index is 3.95. The first-order valence-electron chi connectivity index (χ1n) is 4.12. The van der Waals surface area contributed by atoms with Gasteiger partial charge in [0.1, 0.15) is 0 Å². The Kier molecular flexibility index (Phi) is 1.61. The van der Waals surface area contributed by atoms with Crippen LogP contribution in [0.5, 0.6) is 0 Å². The van der Waals surface area contributed by atoms with Gasteiger partial charge in [-0.3, -0.25) is 5.10 Å². The summed E-state index contributed by atoms with van der Waals surface area (Å²) in [6.07, 6.45) is 1.81. The van der Waals surface area contributed by atoms with Crippen molar-refractivity contribution in [3.8, 4) is 0 Å². The predicted octanol–water partition coefficient (Wildman–Crippen LogP) is 2.49. The van der Waals surface area contributed by atoms with Gasteiger partial charge in [0.15, 0.2) is 0 Å². The van der Waals surface area contributed by atoms with Gasteiger partial charge in [-0.05, 0) is 23.6 Å². The molecule has 2 aromatic rings. The van der Waals surface area contributed by atoms with E-state index in [2.05, 4.69) is 36.2 Å². The number of H-pyrrole nitrogens is 1. The maximum atomic E-state index is 3.95. The molecule has 2 heteroatoms. The highest BCUT2D eigenvalue weighted by molar-refractivity contribution is 5.77. The highest BCUT2D eigenvalue weighted by Gasteiger charge is 2.01. The SMILES string of the molecule is CC(C)c1[c]c2cn[nH]c2cc1. The Morgan fingerprint density at radius 2 is 2.25 bits per heavy atom. The lowest BCUT2D eigenvalue weighted by Gasteiger charge is -2.02. The smallest absolute Gasteiger partial charge is 0.0656 e. The van der Waals surface area contributed by atoms with Crippen LogP contribution in [0.4, 0.5) is 0 Å². The quantitative estimate of drug-likeness (QED) is 0.680. The van der Waals surface area contributed by atoms with Crippen molar-refractivity contribution in [3.05, 3.63) is 30.0 Å². The molecule has 1 aromatic carbocycles. The van der Waals surface area contributed by atoms with E-state index < -0.39 is 0 Å². The molecule has 0 aliphatic heterocycles. The fraction of sp³-hybridized carbons (Fsp3) is 0.300. The first-order valence-corrected chi connectivity index (χ1v) is 4.12. The summed E-state index contributed by atoms with van der Waals surface area (Å²) in [5.41, 5.74) is 2.29. The van der Waals surface area contributed by atoms with Crippen molar-refractivity contribution < 1.29 is 0 Å². The summed E-state index contributed by atoms with van der Waals surface area (Å²) in [5, 5.41) is 7.92. The van der Waals surface area contributed by atoms with Crippen LogP contribution in [0, 0.1) is 6.07 Å². The Hall–Kier alpha value is -1.31. The summed E-state index contributed by atoms with van der Waals surface area (Å²) in [4.78, 5) is 0. The van der Waals surface area contributed by atoms with Gasteiger partial charge in [0.2, 0.25) is 0 Å². The number of nitrogens with zero attached hydrogens (tertiary/aromatic N) is 1. The van der Waals surface area contributed by atoms with E-state index in [1.165, 1.54) is 5.56 Å². The molecule has 0 saturated carbocycles. The molecule has 0 spiro atoms. The van der Waals surface area contributed by atoms with Gasteiger partial charge in [-0.2, -0.15) is 5.10 Å². The molecule has 0 atom stereocenters. The number of rotatable bonds is 1. The highest BCUT2D eigenvalue weighted by atomic mass is 15.1. The van der Waals surface area contributed by atoms with Crippen molar-refractivity contribution >= 4 is 10.9 Å². The summed E-state index contributed by atoms with van der Waals surface area (Å²) in [7, 11) is 0. The standard InChI is InChI=1S/C10H11N2/c1-7(2)8-3-4-10-9(5-8)6-11-12-10/h3-4,6-7H,1-2H3,(H,11,12). The molecule has 0 saturated heterocycles. The van der Waals surface area contributed by atoms with E-state index in [9.17, 15) is 0 Å². The maximum Gasteiger partial charge on any atom is 0.0656 e. The lowest BCUT2D eigenvalue weighted by Crippen LogP contribution is -1.85. The topological polar surface area (TPSA) is 28.7 Å². The second-order valence-electron chi connectivity index (χ2n) is 3.27. The third-order valence-corrected chi connectivity index (χ3v) is 2.00. The molecule has 2 nitrogen and oxygen atoms in total. The van der Waals surface area contributed by atoms with E-state index in [4.69, 9.17) is 0 Å². The van der Waals surface area contributed by atoms with Crippen LogP contribution >= 0.6 is 0 Å². The molecule has 2 rings (SSSR count). The first kappa shape index (κ1) is 7.35. The molecule has 0 fully saturated rings. The molecule has 0 amide bonds. The number of aromatic nitrogens is 2. The van der Waals surface area contributed by atoms with Crippen molar-refractivity contribution in [3.63, 3.8) is 0 Å². The van der Waals surface area contributed by atoms with Gasteiger partial charge in [-0.1, -0.05) is 19.9 Å². The summed E-state index contributed by atoms with van der Waals surface area (Å²) in [6, 6.07) is 7.45. The van der Waals surface area contributed by atoms with Crippen molar-refractivity contribution in [1.29, 1.82) is 0 Å². The first-order chi connectivity index (χ1) is 5.77. The van der Waals surface area contributed by atoms with Gasteiger partial charge >= 0.3 is 0 Å². The lowest BCUT2D eigenvalue weighted by atomic mass is 10.0. The minimum Gasteiger partial charge on any atom is -0.278 e. The molecular weight excluding hydrogens is 148 g/mol. The zero-order chi connectivity index (χ0) is 8.55. The second-order valence-corrected chi connectivity index (χ2v) is 3.27. The summed E-state index contributed by atoms with van der Waals surface area (Å²) >= 11 is 0. The number of hydrogen-bond acceptors (Lipinski definition) is 1. The van der Waals surface area contributed by atoms with Crippen LogP contribution in [-0.2, 0) is 0 Å². The average molecular weight is 159 g/mol. The Bertz CT molecular complexity index is 387. The van der Waals surface area contributed by atoms with Crippen molar-refractivity contribution in [2.24, 2.45) is 0 Å². The predicted molar refractivity (Wildman–Crippen MR) is 49.0 cm³/mol. The van der Waals surface area contributed by atoms with E-state index in [0.29, 0.717) is 5.92 Å². The Balaban J connectivity index is 2.60. The summed E-state index contributed by atoms with van der Waals surface area (Å²) < 4.78 is 0. The molecule has 1 N–H and O–H groups in total. The van der Waals surface area contributed by atoms with Crippen LogP contribution in [-0.4, -0.2) is 10.2 Å². The number of hydrogen-bond donors (Lipinski definition) is 1. The minimum atomic E-state index is 0.532. The minimum absolute atomic E-state index is 0.532. The van der Waals surface area contributed by atoms with E-state index in [1.54, 1.807) is 6.20 Å². The molecule has 1 radical (unpaired) electrons. The van der Waals surface area contributed by atoms with Crippen LogP contribution in [0.15, 0.2) is 18.3 Å². The number of aromatic amines is 1. The second kappa shape index (κ2) is 2.63. The van der Waals surface area contributed by atoms with E-state index >= 15 is 0 Å². The van der Waals surface area contributed by atoms with E-state index in [0.717, 1.165) is 10.9 Å². The van der Waals surface area contributed by atoms with Gasteiger partial charge in [0, 0.05) is 5.39 Å². The molecule has 0 bridgehead atoms. The Labute approximate surface area is 71.6 Å². The zero-order valence-electron chi connectivity index (χ0n) is 7.26. The van der Waals surface area contributed by atoms with Crippen molar-refractivity contribution in [2.45, 2.75) is 19.8 Å². The molecule has 0 aliphatic carbocycles. The largest absolute Gasteiger partial charge is 0.278 e. The molecule has 0 aliphatic rings. The molecule has 1 heterocycles. The van der Waals surface area contributed by atoms with E-state index in [-0.39, 0.29) is 0 Å². The van der Waals surface area contributed by atoms with Gasteiger partial charge in [0.05, 0.1) is 11.7 Å². The fourth-order valence-corrected chi connectivity index (χ4v) is 1.23. The van der Waals surface area contributed by atoms with E-state index in [1.807, 2.05) is 6.07 Å². The number of nitrogens with one attached hydrogen (secondary N) is 1. The van der Waals surface area contributed by atoms with Crippen LogP contribution in [0.3, 0.4) is 0 Å². The lowest BCUT2D eigenvalue weighted by molar-refractivity contribution is 0.867. The Morgan fingerprint density at radius 3 is 3.00 bits per heavy atom. The van der Waals surface area contributed by atoms with Crippen LogP contribution in [0.25, 0.3) is 10.9 Å². The van der Waals surface area contributed by atoms with Gasteiger partial charge < -0.3 is 0 Å². The summed E-state index contributed by atoms with van der Waals surface area (Å²) in [6.45, 7) is 4.33. The van der Waals surface area contributed by atoms with Crippen molar-refractivity contribution in [2.75, 3.05) is 0 Å². The molecule has 61 valence electrons. The van der Waals surface area contributed by atoms with Crippen molar-refractivity contribution in [1.82, 2.24) is 10.2 Å². The Morgan fingerprint density at radius 1 is 1.42 bits per heavy atom. The van der Waals surface area contributed by atoms with Gasteiger partial charge in [0.25, 0.3) is 0 Å². The third-order valence-electron chi connectivity index (χ3n) is 2.00. The van der Waals surface area contributed by atoms with Gasteiger partial charge in [-0.25, -0.2) is 0 Å². The number of benzene rings is 1. The summed E-state index contributed by atoms with van der Waals surface area (Å²) in [5.74, 6) is 0.532. The highest BCUT2D eigenvalue weighted by Crippen LogP contribution is 2.18. The van der Waals surface area contributed by atoms with Crippen LogP contribution < -0.4 is 0 Å². The molecular formula is C10H11N2. The fourth-order valence-electron chi connectivity index (χ4n) is 1.23. The average Bonchev–Trinajstić information content (AvgIpc) is 2.49. The van der Waals surface area contributed by atoms with Gasteiger partial charge in [-0.15, -0.1) is 0 Å². The number of fused-ring (bicyclic) bond motifs is 1. The molecule has 12 heavy (non-hydrogen) atoms. The third kappa shape index (κ3) is 1.09. The zero-order valence-corrected chi connectivity index (χ0v) is 7.26. The monoisotopic (exact) mass is 159 g/mol. The normalized spacial score (nSPS) is 11.2. The molecule has 0 unspecified atom stereocenters. The van der Waals surface area contributed by atoms with Crippen LogP contribution in [0.2, 0.25) is 0 Å².